The first-order valence-corrected chi connectivity index (χ1v) is 17.4. The standard InChI is InChI=1S/C36H44N12/c1-46(2)22-8-9-30-26(10-22)32-35(44-30)38-15-21(41-32)18-48(4)24-12-27-31(13-24)45-36-33(27)42-20(14-39-36)17-47(3)23-6-5-7-29-25(11-23)28-16-37-19-40-34(28)43-29/h14-16,19,22-24H,5-13,17-18H2,1-4H3,(H,38,44)(H,39,45)(H,37,40,43)/t22-,23-,24+/m0/s1. The van der Waals surface area contributed by atoms with Crippen molar-refractivity contribution >= 4 is 33.4 Å². The molecule has 12 nitrogen and oxygen atoms in total. The van der Waals surface area contributed by atoms with Crippen LogP contribution in [0, 0.1) is 0 Å². The molecular weight excluding hydrogens is 600 g/mol. The first-order chi connectivity index (χ1) is 23.4. The van der Waals surface area contributed by atoms with Crippen molar-refractivity contribution in [3.8, 4) is 0 Å². The second-order valence-electron chi connectivity index (χ2n) is 14.7. The third-order valence-corrected chi connectivity index (χ3v) is 11.4. The van der Waals surface area contributed by atoms with E-state index >= 15 is 0 Å². The number of nitrogens with zero attached hydrogens (tertiary/aromatic N) is 9. The van der Waals surface area contributed by atoms with E-state index in [1.54, 1.807) is 6.33 Å². The molecule has 3 aliphatic rings. The number of aromatic amines is 3. The third kappa shape index (κ3) is 5.17. The molecule has 9 rings (SSSR count). The Morgan fingerprint density at radius 1 is 0.625 bits per heavy atom. The Labute approximate surface area is 279 Å². The van der Waals surface area contributed by atoms with Crippen molar-refractivity contribution in [1.29, 1.82) is 0 Å². The van der Waals surface area contributed by atoms with Gasteiger partial charge in [-0.25, -0.2) is 29.9 Å². The molecule has 0 saturated carbocycles. The van der Waals surface area contributed by atoms with E-state index in [0.717, 1.165) is 109 Å². The summed E-state index contributed by atoms with van der Waals surface area (Å²) in [6.07, 6.45) is 17.0. The Morgan fingerprint density at radius 3 is 2.00 bits per heavy atom. The van der Waals surface area contributed by atoms with Gasteiger partial charge in [0.15, 0.2) is 11.3 Å². The average Bonchev–Trinajstić information content (AvgIpc) is 3.81. The van der Waals surface area contributed by atoms with Gasteiger partial charge >= 0.3 is 0 Å². The largest absolute Gasteiger partial charge is 0.343 e. The number of hydrogen-bond donors (Lipinski definition) is 3. The zero-order valence-corrected chi connectivity index (χ0v) is 28.3. The molecule has 248 valence electrons. The highest BCUT2D eigenvalue weighted by atomic mass is 15.2. The number of hydrogen-bond acceptors (Lipinski definition) is 9. The average molecular weight is 645 g/mol. The maximum absolute atomic E-state index is 5.21. The summed E-state index contributed by atoms with van der Waals surface area (Å²) in [4.78, 5) is 46.7. The normalized spacial score (nSPS) is 21.1. The summed E-state index contributed by atoms with van der Waals surface area (Å²) in [5.41, 5.74) is 14.8. The zero-order valence-electron chi connectivity index (χ0n) is 28.3. The lowest BCUT2D eigenvalue weighted by atomic mass is 9.92. The summed E-state index contributed by atoms with van der Waals surface area (Å²) in [6.45, 7) is 1.53. The molecule has 0 fully saturated rings. The maximum atomic E-state index is 5.21. The number of rotatable bonds is 7. The molecule has 0 unspecified atom stereocenters. The number of H-pyrrole nitrogens is 3. The highest BCUT2D eigenvalue weighted by Gasteiger charge is 2.31. The fraction of sp³-hybridized carbons (Fsp3) is 0.500. The van der Waals surface area contributed by atoms with Crippen LogP contribution in [0.25, 0.3) is 33.4 Å². The summed E-state index contributed by atoms with van der Waals surface area (Å²) in [5, 5.41) is 1.16. The van der Waals surface area contributed by atoms with Crippen LogP contribution in [-0.4, -0.2) is 106 Å². The van der Waals surface area contributed by atoms with Crippen molar-refractivity contribution in [2.45, 2.75) is 89.0 Å². The van der Waals surface area contributed by atoms with Gasteiger partial charge in [0.05, 0.1) is 23.8 Å². The fourth-order valence-corrected chi connectivity index (χ4v) is 8.58. The van der Waals surface area contributed by atoms with Crippen LogP contribution in [0.4, 0.5) is 0 Å². The molecule has 3 N–H and O–H groups in total. The summed E-state index contributed by atoms with van der Waals surface area (Å²) in [7, 11) is 8.79. The number of nitrogens with one attached hydrogen (secondary N) is 3. The molecule has 0 aliphatic heterocycles. The number of aromatic nitrogens is 9. The molecule has 0 radical (unpaired) electrons. The van der Waals surface area contributed by atoms with Crippen LogP contribution in [0.2, 0.25) is 0 Å². The van der Waals surface area contributed by atoms with Gasteiger partial charge in [-0.2, -0.15) is 0 Å². The van der Waals surface area contributed by atoms with Crippen LogP contribution in [0.15, 0.2) is 24.9 Å². The Bertz CT molecular complexity index is 2140. The van der Waals surface area contributed by atoms with Crippen molar-refractivity contribution in [3.63, 3.8) is 0 Å². The van der Waals surface area contributed by atoms with Gasteiger partial charge in [0, 0.05) is 77.4 Å². The topological polar surface area (TPSA) is 134 Å². The molecule has 12 heteroatoms. The van der Waals surface area contributed by atoms with Gasteiger partial charge in [0.25, 0.3) is 0 Å². The van der Waals surface area contributed by atoms with E-state index in [4.69, 9.17) is 19.9 Å². The molecule has 48 heavy (non-hydrogen) atoms. The smallest absolute Gasteiger partial charge is 0.156 e. The molecule has 0 bridgehead atoms. The predicted octanol–water partition coefficient (Wildman–Crippen LogP) is 3.90. The lowest BCUT2D eigenvalue weighted by Gasteiger charge is -2.28. The van der Waals surface area contributed by atoms with E-state index in [9.17, 15) is 0 Å². The van der Waals surface area contributed by atoms with Gasteiger partial charge in [0.1, 0.15) is 23.0 Å². The van der Waals surface area contributed by atoms with Gasteiger partial charge in [-0.1, -0.05) is 0 Å². The van der Waals surface area contributed by atoms with Crippen LogP contribution in [-0.2, 0) is 51.6 Å². The monoisotopic (exact) mass is 644 g/mol. The quantitative estimate of drug-likeness (QED) is 0.221. The number of aryl methyl sites for hydroxylation is 2. The first kappa shape index (κ1) is 29.8. The van der Waals surface area contributed by atoms with E-state index in [1.807, 2.05) is 18.6 Å². The summed E-state index contributed by atoms with van der Waals surface area (Å²) < 4.78 is 0. The first-order valence-electron chi connectivity index (χ1n) is 17.4. The van der Waals surface area contributed by atoms with Crippen molar-refractivity contribution in [3.05, 3.63) is 70.1 Å². The van der Waals surface area contributed by atoms with E-state index in [-0.39, 0.29) is 0 Å². The highest BCUT2D eigenvalue weighted by Crippen LogP contribution is 2.33. The van der Waals surface area contributed by atoms with E-state index in [0.29, 0.717) is 18.1 Å². The van der Waals surface area contributed by atoms with E-state index in [1.165, 1.54) is 40.2 Å². The lowest BCUT2D eigenvalue weighted by Crippen LogP contribution is -2.33. The minimum Gasteiger partial charge on any atom is -0.343 e. The predicted molar refractivity (Wildman–Crippen MR) is 186 cm³/mol. The van der Waals surface area contributed by atoms with Crippen LogP contribution in [0.3, 0.4) is 0 Å². The van der Waals surface area contributed by atoms with E-state index < -0.39 is 0 Å². The summed E-state index contributed by atoms with van der Waals surface area (Å²) >= 11 is 0. The molecule has 0 spiro atoms. The Kier molecular flexibility index (Phi) is 7.28. The highest BCUT2D eigenvalue weighted by molar-refractivity contribution is 5.81. The van der Waals surface area contributed by atoms with Crippen LogP contribution in [0.1, 0.15) is 64.4 Å². The second-order valence-corrected chi connectivity index (χ2v) is 14.7. The molecule has 0 saturated heterocycles. The molecule has 6 aromatic rings. The van der Waals surface area contributed by atoms with Crippen molar-refractivity contribution < 1.29 is 0 Å². The lowest BCUT2D eigenvalue weighted by molar-refractivity contribution is 0.218. The van der Waals surface area contributed by atoms with Crippen molar-refractivity contribution in [2.75, 3.05) is 28.2 Å². The Hall–Kier alpha value is -4.26. The SMILES string of the molecule is CN(C)[C@H]1CCc2[nH]c3ncc(CN(C)[C@H]4Cc5[nH]c6ncc(CN(C)[C@H]7CCCc8[nH]c9ncncc9c8C7)nc6c5C4)nc3c2C1. The summed E-state index contributed by atoms with van der Waals surface area (Å²) in [6, 6.07) is 1.35. The molecule has 3 atom stereocenters. The van der Waals surface area contributed by atoms with Crippen molar-refractivity contribution in [1.82, 2.24) is 59.6 Å². The Balaban J connectivity index is 0.891. The van der Waals surface area contributed by atoms with Gasteiger partial charge < -0.3 is 19.9 Å². The van der Waals surface area contributed by atoms with Gasteiger partial charge in [-0.3, -0.25) is 9.80 Å². The second kappa shape index (κ2) is 11.7. The molecular formula is C36H44N12. The van der Waals surface area contributed by atoms with Gasteiger partial charge in [-0.05, 0) is 85.1 Å². The fourth-order valence-electron chi connectivity index (χ4n) is 8.58. The minimum absolute atomic E-state index is 0.375. The molecule has 3 aliphatic carbocycles. The van der Waals surface area contributed by atoms with Crippen molar-refractivity contribution in [2.24, 2.45) is 0 Å². The molecule has 6 aromatic heterocycles. The van der Waals surface area contributed by atoms with E-state index in [2.05, 4.69) is 67.8 Å². The zero-order chi connectivity index (χ0) is 32.5. The number of likely N-dealkylation sites (N-methyl/N-ethyl adjacent to an activating group) is 3. The third-order valence-electron chi connectivity index (χ3n) is 11.4. The molecule has 0 amide bonds. The van der Waals surface area contributed by atoms with Gasteiger partial charge in [-0.15, -0.1) is 0 Å². The van der Waals surface area contributed by atoms with Crippen LogP contribution in [0.5, 0.6) is 0 Å². The van der Waals surface area contributed by atoms with Crippen LogP contribution < -0.4 is 0 Å². The molecule has 6 heterocycles. The molecule has 0 aromatic carbocycles. The number of fused-ring (bicyclic) bond motifs is 9. The maximum Gasteiger partial charge on any atom is 0.156 e. The minimum atomic E-state index is 0.375. The summed E-state index contributed by atoms with van der Waals surface area (Å²) in [5.74, 6) is 0. The van der Waals surface area contributed by atoms with Crippen LogP contribution >= 0.6 is 0 Å². The van der Waals surface area contributed by atoms with Gasteiger partial charge in [0.2, 0.25) is 0 Å². The Morgan fingerprint density at radius 2 is 1.25 bits per heavy atom.